The van der Waals surface area contributed by atoms with Crippen molar-refractivity contribution in [1.29, 1.82) is 0 Å². The van der Waals surface area contributed by atoms with Gasteiger partial charge in [0, 0.05) is 6.20 Å². The molecule has 3 aromatic heterocycles. The van der Waals surface area contributed by atoms with Gasteiger partial charge in [-0.15, -0.1) is 15.3 Å². The van der Waals surface area contributed by atoms with Crippen LogP contribution in [0.25, 0.3) is 5.65 Å². The second-order valence-corrected chi connectivity index (χ2v) is 3.48. The molecule has 0 aromatic carbocycles. The molecule has 0 saturated carbocycles. The second kappa shape index (κ2) is 4.58. The average Bonchev–Trinajstić information content (AvgIpc) is 2.87. The third-order valence-electron chi connectivity index (χ3n) is 2.23. The standard InChI is InChI=1S/C11H9N7/c1-2-6-12-9(3-1)7-13-15-10-4-5-11-16-14-8-18(11)17-10/h1-8H,(H,15,17)/b13-7-. The number of hydrogen-bond donors (Lipinski definition) is 1. The summed E-state index contributed by atoms with van der Waals surface area (Å²) in [7, 11) is 0. The summed E-state index contributed by atoms with van der Waals surface area (Å²) in [5, 5.41) is 15.9. The van der Waals surface area contributed by atoms with E-state index in [4.69, 9.17) is 0 Å². The van der Waals surface area contributed by atoms with Crippen molar-refractivity contribution in [3.63, 3.8) is 0 Å². The number of nitrogens with zero attached hydrogens (tertiary/aromatic N) is 6. The summed E-state index contributed by atoms with van der Waals surface area (Å²) in [6.07, 6.45) is 4.86. The van der Waals surface area contributed by atoms with E-state index in [2.05, 4.69) is 30.8 Å². The molecular weight excluding hydrogens is 230 g/mol. The van der Waals surface area contributed by atoms with E-state index in [0.29, 0.717) is 11.5 Å². The molecule has 0 aliphatic rings. The third-order valence-corrected chi connectivity index (χ3v) is 2.23. The minimum Gasteiger partial charge on any atom is -0.260 e. The number of fused-ring (bicyclic) bond motifs is 1. The largest absolute Gasteiger partial charge is 0.260 e. The Balaban J connectivity index is 1.74. The van der Waals surface area contributed by atoms with Gasteiger partial charge < -0.3 is 0 Å². The highest BCUT2D eigenvalue weighted by molar-refractivity contribution is 5.77. The van der Waals surface area contributed by atoms with E-state index in [1.807, 2.05) is 18.2 Å². The Morgan fingerprint density at radius 3 is 3.11 bits per heavy atom. The van der Waals surface area contributed by atoms with Crippen LogP contribution in [0.15, 0.2) is 48.0 Å². The molecule has 0 radical (unpaired) electrons. The van der Waals surface area contributed by atoms with Gasteiger partial charge in [0.25, 0.3) is 0 Å². The molecule has 0 aliphatic carbocycles. The van der Waals surface area contributed by atoms with E-state index in [1.54, 1.807) is 29.1 Å². The van der Waals surface area contributed by atoms with Crippen molar-refractivity contribution in [1.82, 2.24) is 24.8 Å². The molecule has 0 saturated heterocycles. The molecule has 0 fully saturated rings. The zero-order chi connectivity index (χ0) is 12.2. The molecule has 18 heavy (non-hydrogen) atoms. The predicted molar refractivity (Wildman–Crippen MR) is 66.2 cm³/mol. The normalized spacial score (nSPS) is 11.1. The predicted octanol–water partition coefficient (Wildman–Crippen LogP) is 0.965. The molecule has 0 unspecified atom stereocenters. The molecule has 7 heteroatoms. The van der Waals surface area contributed by atoms with Crippen LogP contribution in [0.2, 0.25) is 0 Å². The van der Waals surface area contributed by atoms with E-state index < -0.39 is 0 Å². The summed E-state index contributed by atoms with van der Waals surface area (Å²) in [5.41, 5.74) is 4.28. The first-order valence-electron chi connectivity index (χ1n) is 5.29. The third kappa shape index (κ3) is 2.14. The first-order valence-corrected chi connectivity index (χ1v) is 5.29. The zero-order valence-electron chi connectivity index (χ0n) is 9.30. The Kier molecular flexibility index (Phi) is 2.63. The second-order valence-electron chi connectivity index (χ2n) is 3.48. The van der Waals surface area contributed by atoms with Crippen LogP contribution in [0, 0.1) is 0 Å². The highest BCUT2D eigenvalue weighted by atomic mass is 15.4. The number of rotatable bonds is 3. The van der Waals surface area contributed by atoms with Crippen LogP contribution < -0.4 is 5.43 Å². The van der Waals surface area contributed by atoms with Gasteiger partial charge in [-0.05, 0) is 24.3 Å². The monoisotopic (exact) mass is 239 g/mol. The van der Waals surface area contributed by atoms with Crippen LogP contribution >= 0.6 is 0 Å². The molecule has 0 aliphatic heterocycles. The quantitative estimate of drug-likeness (QED) is 0.544. The fourth-order valence-electron chi connectivity index (χ4n) is 1.40. The van der Waals surface area contributed by atoms with E-state index in [9.17, 15) is 0 Å². The van der Waals surface area contributed by atoms with Crippen molar-refractivity contribution in [3.05, 3.63) is 48.5 Å². The average molecular weight is 239 g/mol. The van der Waals surface area contributed by atoms with Crippen LogP contribution in [-0.2, 0) is 0 Å². The van der Waals surface area contributed by atoms with Gasteiger partial charge in [-0.2, -0.15) is 9.62 Å². The number of aromatic nitrogens is 5. The van der Waals surface area contributed by atoms with Crippen LogP contribution in [0.3, 0.4) is 0 Å². The van der Waals surface area contributed by atoms with E-state index in [-0.39, 0.29) is 0 Å². The van der Waals surface area contributed by atoms with Gasteiger partial charge in [0.2, 0.25) is 0 Å². The molecule has 0 bridgehead atoms. The zero-order valence-corrected chi connectivity index (χ0v) is 9.30. The lowest BCUT2D eigenvalue weighted by Gasteiger charge is -1.98. The lowest BCUT2D eigenvalue weighted by Crippen LogP contribution is -1.98. The number of hydrogen-bond acceptors (Lipinski definition) is 6. The Hall–Kier alpha value is -2.83. The van der Waals surface area contributed by atoms with Crippen molar-refractivity contribution < 1.29 is 0 Å². The lowest BCUT2D eigenvalue weighted by atomic mass is 10.4. The maximum atomic E-state index is 4.21. The minimum atomic E-state index is 0.606. The Bertz CT molecular complexity index is 674. The summed E-state index contributed by atoms with van der Waals surface area (Å²) < 4.78 is 1.57. The Morgan fingerprint density at radius 2 is 2.22 bits per heavy atom. The number of pyridine rings is 1. The Morgan fingerprint density at radius 1 is 1.22 bits per heavy atom. The fraction of sp³-hybridized carbons (Fsp3) is 0. The smallest absolute Gasteiger partial charge is 0.177 e. The fourth-order valence-corrected chi connectivity index (χ4v) is 1.40. The molecule has 1 N–H and O–H groups in total. The van der Waals surface area contributed by atoms with Gasteiger partial charge in [0.05, 0.1) is 11.9 Å². The summed E-state index contributed by atoms with van der Waals surface area (Å²) in [6, 6.07) is 9.20. The van der Waals surface area contributed by atoms with Gasteiger partial charge in [-0.1, -0.05) is 6.07 Å². The van der Waals surface area contributed by atoms with Gasteiger partial charge in [-0.3, -0.25) is 10.4 Å². The van der Waals surface area contributed by atoms with Crippen molar-refractivity contribution in [3.8, 4) is 0 Å². The van der Waals surface area contributed by atoms with Crippen LogP contribution in [0.5, 0.6) is 0 Å². The molecule has 0 atom stereocenters. The number of hydrazone groups is 1. The summed E-state index contributed by atoms with van der Waals surface area (Å²) >= 11 is 0. The maximum Gasteiger partial charge on any atom is 0.177 e. The Labute approximate surface area is 102 Å². The van der Waals surface area contributed by atoms with E-state index >= 15 is 0 Å². The molecule has 0 spiro atoms. The van der Waals surface area contributed by atoms with Crippen molar-refractivity contribution in [2.45, 2.75) is 0 Å². The first kappa shape index (κ1) is 10.3. The van der Waals surface area contributed by atoms with Gasteiger partial charge in [-0.25, -0.2) is 0 Å². The summed E-state index contributed by atoms with van der Waals surface area (Å²) in [5.74, 6) is 0.606. The topological polar surface area (TPSA) is 80.4 Å². The summed E-state index contributed by atoms with van der Waals surface area (Å²) in [4.78, 5) is 4.12. The van der Waals surface area contributed by atoms with Crippen molar-refractivity contribution in [2.24, 2.45) is 5.10 Å². The lowest BCUT2D eigenvalue weighted by molar-refractivity contribution is 0.925. The highest BCUT2D eigenvalue weighted by Gasteiger charge is 1.97. The van der Waals surface area contributed by atoms with Crippen molar-refractivity contribution >= 4 is 17.7 Å². The molecule has 3 rings (SSSR count). The maximum absolute atomic E-state index is 4.21. The van der Waals surface area contributed by atoms with Gasteiger partial charge in [0.15, 0.2) is 11.5 Å². The highest BCUT2D eigenvalue weighted by Crippen LogP contribution is 2.03. The molecule has 3 aromatic rings. The molecule has 7 nitrogen and oxygen atoms in total. The van der Waals surface area contributed by atoms with Gasteiger partial charge in [0.1, 0.15) is 6.33 Å². The molecule has 88 valence electrons. The minimum absolute atomic E-state index is 0.606. The summed E-state index contributed by atoms with van der Waals surface area (Å²) in [6.45, 7) is 0. The van der Waals surface area contributed by atoms with E-state index in [1.165, 1.54) is 6.33 Å². The van der Waals surface area contributed by atoms with Crippen LogP contribution in [0.4, 0.5) is 5.82 Å². The molecule has 0 amide bonds. The van der Waals surface area contributed by atoms with Gasteiger partial charge >= 0.3 is 0 Å². The number of nitrogens with one attached hydrogen (secondary N) is 1. The first-order chi connectivity index (χ1) is 8.92. The van der Waals surface area contributed by atoms with Crippen molar-refractivity contribution in [2.75, 3.05) is 5.43 Å². The molecule has 3 heterocycles. The molecular formula is C11H9N7. The van der Waals surface area contributed by atoms with E-state index in [0.717, 1.165) is 5.69 Å². The SMILES string of the molecule is C(=N/Nc1ccc2nncn2n1)/c1ccccn1. The van der Waals surface area contributed by atoms with Crippen LogP contribution in [0.1, 0.15) is 5.69 Å². The van der Waals surface area contributed by atoms with Crippen LogP contribution in [-0.4, -0.2) is 31.0 Å². The number of anilines is 1.